The van der Waals surface area contributed by atoms with Gasteiger partial charge in [-0.2, -0.15) is 11.8 Å². The quantitative estimate of drug-likeness (QED) is 0.675. The van der Waals surface area contributed by atoms with Gasteiger partial charge in [0.2, 0.25) is 5.91 Å². The van der Waals surface area contributed by atoms with Crippen LogP contribution in [-0.2, 0) is 9.59 Å². The number of nitrogens with zero attached hydrogens (tertiary/aromatic N) is 1. The number of carbonyl (C=O) groups is 2. The van der Waals surface area contributed by atoms with Gasteiger partial charge < -0.3 is 15.7 Å². The minimum atomic E-state index is -0.902. The van der Waals surface area contributed by atoms with E-state index in [0.29, 0.717) is 6.42 Å². The fourth-order valence-electron chi connectivity index (χ4n) is 1.42. The maximum absolute atomic E-state index is 12.0. The van der Waals surface area contributed by atoms with Crippen LogP contribution in [0.3, 0.4) is 0 Å². The molecule has 3 N–H and O–H groups in total. The lowest BCUT2D eigenvalue weighted by molar-refractivity contribution is -0.139. The Kier molecular flexibility index (Phi) is 7.99. The van der Waals surface area contributed by atoms with Crippen LogP contribution >= 0.6 is 11.8 Å². The zero-order valence-corrected chi connectivity index (χ0v) is 11.5. The van der Waals surface area contributed by atoms with E-state index in [-0.39, 0.29) is 24.9 Å². The van der Waals surface area contributed by atoms with E-state index in [9.17, 15) is 9.59 Å². The van der Waals surface area contributed by atoms with E-state index in [1.54, 1.807) is 16.7 Å². The largest absolute Gasteiger partial charge is 0.481 e. The van der Waals surface area contributed by atoms with E-state index in [1.165, 1.54) is 0 Å². The van der Waals surface area contributed by atoms with E-state index in [2.05, 4.69) is 0 Å². The summed E-state index contributed by atoms with van der Waals surface area (Å²) in [7, 11) is 0. The van der Waals surface area contributed by atoms with Gasteiger partial charge in [-0.05, 0) is 32.3 Å². The smallest absolute Gasteiger partial charge is 0.305 e. The molecule has 100 valence electrons. The Labute approximate surface area is 107 Å². The summed E-state index contributed by atoms with van der Waals surface area (Å²) in [5.74, 6) is -0.228. The van der Waals surface area contributed by atoms with Crippen molar-refractivity contribution in [2.24, 2.45) is 5.73 Å². The van der Waals surface area contributed by atoms with E-state index < -0.39 is 12.0 Å². The van der Waals surface area contributed by atoms with E-state index in [1.807, 2.05) is 20.1 Å². The number of carboxylic acids is 1. The molecule has 0 aromatic heterocycles. The predicted molar refractivity (Wildman–Crippen MR) is 70.1 cm³/mol. The SMILES string of the molecule is CSCC[C@H](N)C(=O)N(CCC(=O)O)C(C)C. The Balaban J connectivity index is 4.37. The molecule has 0 saturated heterocycles. The van der Waals surface area contributed by atoms with Gasteiger partial charge in [0.25, 0.3) is 0 Å². The molecule has 6 heteroatoms. The molecule has 1 amide bonds. The molecular formula is C11H22N2O3S. The van der Waals surface area contributed by atoms with Gasteiger partial charge in [-0.3, -0.25) is 9.59 Å². The van der Waals surface area contributed by atoms with Crippen LogP contribution < -0.4 is 5.73 Å². The number of hydrogen-bond donors (Lipinski definition) is 2. The lowest BCUT2D eigenvalue weighted by Gasteiger charge is -2.28. The zero-order valence-electron chi connectivity index (χ0n) is 10.7. The first-order valence-corrected chi connectivity index (χ1v) is 7.06. The minimum absolute atomic E-state index is 0.0258. The Morgan fingerprint density at radius 3 is 2.41 bits per heavy atom. The topological polar surface area (TPSA) is 83.6 Å². The summed E-state index contributed by atoms with van der Waals surface area (Å²) in [6.07, 6.45) is 2.54. The number of amides is 1. The van der Waals surface area contributed by atoms with Gasteiger partial charge >= 0.3 is 5.97 Å². The molecule has 0 aliphatic heterocycles. The molecule has 0 aliphatic carbocycles. The van der Waals surface area contributed by atoms with Crippen molar-refractivity contribution >= 4 is 23.6 Å². The normalized spacial score (nSPS) is 12.5. The summed E-state index contributed by atoms with van der Waals surface area (Å²) in [6, 6.07) is -0.555. The summed E-state index contributed by atoms with van der Waals surface area (Å²) in [6.45, 7) is 3.95. The number of nitrogens with two attached hydrogens (primary N) is 1. The Morgan fingerprint density at radius 2 is 2.00 bits per heavy atom. The second-order valence-electron chi connectivity index (χ2n) is 4.16. The molecule has 0 fully saturated rings. The molecule has 0 rings (SSSR count). The van der Waals surface area contributed by atoms with Gasteiger partial charge in [0.05, 0.1) is 12.5 Å². The number of carbonyl (C=O) groups excluding carboxylic acids is 1. The van der Waals surface area contributed by atoms with E-state index in [4.69, 9.17) is 10.8 Å². The van der Waals surface area contributed by atoms with Crippen molar-refractivity contribution < 1.29 is 14.7 Å². The Morgan fingerprint density at radius 1 is 1.41 bits per heavy atom. The molecule has 0 bridgehead atoms. The number of hydrogen-bond acceptors (Lipinski definition) is 4. The van der Waals surface area contributed by atoms with Gasteiger partial charge in [0.1, 0.15) is 0 Å². The number of rotatable bonds is 8. The van der Waals surface area contributed by atoms with Gasteiger partial charge in [-0.25, -0.2) is 0 Å². The van der Waals surface area contributed by atoms with Crippen LogP contribution in [0.25, 0.3) is 0 Å². The summed E-state index contributed by atoms with van der Waals surface area (Å²) >= 11 is 1.64. The van der Waals surface area contributed by atoms with Crippen molar-refractivity contribution in [1.29, 1.82) is 0 Å². The van der Waals surface area contributed by atoms with Crippen molar-refractivity contribution in [3.05, 3.63) is 0 Å². The Hall–Kier alpha value is -0.750. The predicted octanol–water partition coefficient (Wildman–Crippen LogP) is 0.778. The molecule has 1 atom stereocenters. The first kappa shape index (κ1) is 16.2. The van der Waals surface area contributed by atoms with Gasteiger partial charge in [-0.1, -0.05) is 0 Å². The highest BCUT2D eigenvalue weighted by molar-refractivity contribution is 7.98. The molecule has 0 heterocycles. The average molecular weight is 262 g/mol. The highest BCUT2D eigenvalue weighted by Gasteiger charge is 2.23. The third kappa shape index (κ3) is 6.53. The molecule has 0 saturated carbocycles. The molecule has 0 spiro atoms. The maximum Gasteiger partial charge on any atom is 0.305 e. The monoisotopic (exact) mass is 262 g/mol. The molecule has 0 aliphatic rings. The maximum atomic E-state index is 12.0. The fraction of sp³-hybridized carbons (Fsp3) is 0.818. The standard InChI is InChI=1S/C11H22N2O3S/c1-8(2)13(6-4-10(14)15)11(16)9(12)5-7-17-3/h8-9H,4-7,12H2,1-3H3,(H,14,15)/t9-/m0/s1. The minimum Gasteiger partial charge on any atom is -0.481 e. The van der Waals surface area contributed by atoms with Crippen LogP contribution in [0.1, 0.15) is 26.7 Å². The van der Waals surface area contributed by atoms with E-state index >= 15 is 0 Å². The highest BCUT2D eigenvalue weighted by atomic mass is 32.2. The first-order chi connectivity index (χ1) is 7.90. The van der Waals surface area contributed by atoms with Crippen LogP contribution in [0, 0.1) is 0 Å². The van der Waals surface area contributed by atoms with E-state index in [0.717, 1.165) is 5.75 Å². The van der Waals surface area contributed by atoms with Crippen molar-refractivity contribution in [1.82, 2.24) is 4.90 Å². The second-order valence-corrected chi connectivity index (χ2v) is 5.14. The van der Waals surface area contributed by atoms with Crippen LogP contribution in [0.5, 0.6) is 0 Å². The second kappa shape index (κ2) is 8.36. The lowest BCUT2D eigenvalue weighted by Crippen LogP contribution is -2.47. The van der Waals surface area contributed by atoms with Crippen molar-refractivity contribution in [2.75, 3.05) is 18.6 Å². The molecule has 0 aromatic carbocycles. The highest BCUT2D eigenvalue weighted by Crippen LogP contribution is 2.07. The third-order valence-electron chi connectivity index (χ3n) is 2.42. The summed E-state index contributed by atoms with van der Waals surface area (Å²) in [5, 5.41) is 8.63. The van der Waals surface area contributed by atoms with Crippen molar-refractivity contribution in [2.45, 2.75) is 38.8 Å². The van der Waals surface area contributed by atoms with Crippen molar-refractivity contribution in [3.63, 3.8) is 0 Å². The molecule has 0 radical (unpaired) electrons. The molecular weight excluding hydrogens is 240 g/mol. The summed E-state index contributed by atoms with van der Waals surface area (Å²) in [4.78, 5) is 24.1. The molecule has 0 aromatic rings. The Bertz CT molecular complexity index is 259. The average Bonchev–Trinajstić information content (AvgIpc) is 2.24. The lowest BCUT2D eigenvalue weighted by atomic mass is 10.1. The molecule has 5 nitrogen and oxygen atoms in total. The number of carboxylic acid groups (broad SMARTS) is 1. The number of thioether (sulfide) groups is 1. The summed E-state index contributed by atoms with van der Waals surface area (Å²) in [5.41, 5.74) is 5.80. The van der Waals surface area contributed by atoms with Gasteiger partial charge in [-0.15, -0.1) is 0 Å². The number of aliphatic carboxylic acids is 1. The zero-order chi connectivity index (χ0) is 13.4. The van der Waals surface area contributed by atoms with Crippen LogP contribution in [-0.4, -0.2) is 52.5 Å². The van der Waals surface area contributed by atoms with Crippen LogP contribution in [0.4, 0.5) is 0 Å². The first-order valence-electron chi connectivity index (χ1n) is 5.67. The molecule has 0 unspecified atom stereocenters. The fourth-order valence-corrected chi connectivity index (χ4v) is 1.91. The van der Waals surface area contributed by atoms with Crippen molar-refractivity contribution in [3.8, 4) is 0 Å². The van der Waals surface area contributed by atoms with Gasteiger partial charge in [0.15, 0.2) is 0 Å². The van der Waals surface area contributed by atoms with Gasteiger partial charge in [0, 0.05) is 12.6 Å². The van der Waals surface area contributed by atoms with Crippen LogP contribution in [0.2, 0.25) is 0 Å². The third-order valence-corrected chi connectivity index (χ3v) is 3.07. The van der Waals surface area contributed by atoms with Crippen LogP contribution in [0.15, 0.2) is 0 Å². The summed E-state index contributed by atoms with van der Waals surface area (Å²) < 4.78 is 0. The molecule has 17 heavy (non-hydrogen) atoms.